The van der Waals surface area contributed by atoms with E-state index in [2.05, 4.69) is 15.3 Å². The van der Waals surface area contributed by atoms with E-state index in [9.17, 15) is 9.59 Å². The van der Waals surface area contributed by atoms with Crippen molar-refractivity contribution in [1.29, 1.82) is 0 Å². The maximum absolute atomic E-state index is 12.7. The molecule has 2 bridgehead atoms. The van der Waals surface area contributed by atoms with E-state index in [1.165, 1.54) is 13.3 Å². The quantitative estimate of drug-likeness (QED) is 0.551. The number of hydrogen-bond acceptors (Lipinski definition) is 7. The van der Waals surface area contributed by atoms with Gasteiger partial charge in [0.15, 0.2) is 0 Å². The number of rotatable bonds is 3. The summed E-state index contributed by atoms with van der Waals surface area (Å²) in [4.78, 5) is 35.3. The Morgan fingerprint density at radius 1 is 1.19 bits per heavy atom. The van der Waals surface area contributed by atoms with Crippen molar-refractivity contribution in [3.63, 3.8) is 0 Å². The first kappa shape index (κ1) is 21.6. The molecular formula is C22H27ClN4O4. The van der Waals surface area contributed by atoms with Crippen LogP contribution in [0.25, 0.3) is 10.9 Å². The fourth-order valence-electron chi connectivity index (χ4n) is 4.53. The predicted molar refractivity (Wildman–Crippen MR) is 117 cm³/mol. The van der Waals surface area contributed by atoms with Gasteiger partial charge in [-0.15, -0.1) is 0 Å². The number of ether oxygens (including phenoxy) is 2. The number of anilines is 1. The summed E-state index contributed by atoms with van der Waals surface area (Å²) in [5.74, 6) is 0.120. The Morgan fingerprint density at radius 2 is 1.87 bits per heavy atom. The largest absolute Gasteiger partial charge is 0.465 e. The molecule has 0 aromatic carbocycles. The molecule has 1 unspecified atom stereocenters. The minimum absolute atomic E-state index is 0.118. The molecule has 0 aliphatic carbocycles. The maximum Gasteiger partial charge on any atom is 0.410 e. The van der Waals surface area contributed by atoms with E-state index in [4.69, 9.17) is 21.1 Å². The molecule has 2 saturated heterocycles. The number of pyridine rings is 2. The Bertz CT molecular complexity index is 1010. The van der Waals surface area contributed by atoms with E-state index >= 15 is 0 Å². The number of fused-ring (bicyclic) bond motifs is 3. The summed E-state index contributed by atoms with van der Waals surface area (Å²) < 4.78 is 10.4. The lowest BCUT2D eigenvalue weighted by Gasteiger charge is -2.39. The number of methoxy groups -OCH3 is 1. The average molecular weight is 447 g/mol. The second kappa shape index (κ2) is 8.15. The van der Waals surface area contributed by atoms with Crippen LogP contribution in [0.4, 0.5) is 10.6 Å². The van der Waals surface area contributed by atoms with E-state index in [0.717, 1.165) is 25.7 Å². The number of carbonyl (C=O) groups is 2. The van der Waals surface area contributed by atoms with Crippen molar-refractivity contribution < 1.29 is 19.1 Å². The smallest absolute Gasteiger partial charge is 0.410 e. The first-order valence-corrected chi connectivity index (χ1v) is 10.8. The Balaban J connectivity index is 1.55. The average Bonchev–Trinajstić information content (AvgIpc) is 2.96. The van der Waals surface area contributed by atoms with Crippen molar-refractivity contribution in [2.24, 2.45) is 0 Å². The van der Waals surface area contributed by atoms with Gasteiger partial charge in [0.25, 0.3) is 0 Å². The Morgan fingerprint density at radius 3 is 2.48 bits per heavy atom. The lowest BCUT2D eigenvalue weighted by atomic mass is 9.97. The number of piperidine rings is 1. The van der Waals surface area contributed by atoms with Gasteiger partial charge in [-0.1, -0.05) is 11.6 Å². The molecule has 2 aliphatic rings. The zero-order chi connectivity index (χ0) is 22.3. The van der Waals surface area contributed by atoms with Gasteiger partial charge in [0.1, 0.15) is 16.6 Å². The molecule has 0 saturated carbocycles. The lowest BCUT2D eigenvalue weighted by Crippen LogP contribution is -2.51. The highest BCUT2D eigenvalue weighted by molar-refractivity contribution is 6.30. The van der Waals surface area contributed by atoms with Crippen molar-refractivity contribution in [2.75, 3.05) is 12.4 Å². The first-order valence-electron chi connectivity index (χ1n) is 10.5. The topological polar surface area (TPSA) is 93.6 Å². The number of carbonyl (C=O) groups excluding carboxylic acids is 2. The van der Waals surface area contributed by atoms with Crippen LogP contribution in [0.3, 0.4) is 0 Å². The second-order valence-corrected chi connectivity index (χ2v) is 9.55. The molecule has 0 spiro atoms. The fourth-order valence-corrected chi connectivity index (χ4v) is 4.72. The van der Waals surface area contributed by atoms with Gasteiger partial charge in [-0.3, -0.25) is 4.98 Å². The molecule has 31 heavy (non-hydrogen) atoms. The summed E-state index contributed by atoms with van der Waals surface area (Å²) in [6.07, 6.45) is 4.72. The third kappa shape index (κ3) is 4.54. The molecule has 2 aliphatic heterocycles. The molecule has 2 fully saturated rings. The molecule has 4 heterocycles. The zero-order valence-electron chi connectivity index (χ0n) is 18.1. The van der Waals surface area contributed by atoms with Gasteiger partial charge in [0.2, 0.25) is 0 Å². The van der Waals surface area contributed by atoms with Crippen molar-refractivity contribution in [2.45, 2.75) is 70.2 Å². The third-order valence-corrected chi connectivity index (χ3v) is 5.94. The molecule has 4 rings (SSSR count). The number of esters is 1. The molecular weight excluding hydrogens is 420 g/mol. The standard InChI is InChI=1S/C22H27ClN4O4/c1-22(2,3)31-21(29)27-14-5-6-15(27)9-13(8-14)25-19-16-7-12(20(28)30-4)11-24-17(16)10-18(23)26-19/h7,10-11,13-15H,5-6,8-9H2,1-4H3,(H,25,26)/t13?,14-,15+. The Hall–Kier alpha value is -2.61. The number of nitrogens with one attached hydrogen (secondary N) is 1. The zero-order valence-corrected chi connectivity index (χ0v) is 18.9. The van der Waals surface area contributed by atoms with Crippen molar-refractivity contribution in [3.8, 4) is 0 Å². The van der Waals surface area contributed by atoms with E-state index in [1.54, 1.807) is 12.1 Å². The number of nitrogens with zero attached hydrogens (tertiary/aromatic N) is 3. The lowest BCUT2D eigenvalue weighted by molar-refractivity contribution is 0.00681. The van der Waals surface area contributed by atoms with Crippen molar-refractivity contribution in [1.82, 2.24) is 14.9 Å². The number of amides is 1. The van der Waals surface area contributed by atoms with Crippen LogP contribution in [-0.4, -0.2) is 57.8 Å². The molecule has 2 aromatic rings. The van der Waals surface area contributed by atoms with E-state index < -0.39 is 11.6 Å². The number of hydrogen-bond donors (Lipinski definition) is 1. The maximum atomic E-state index is 12.7. The minimum Gasteiger partial charge on any atom is -0.465 e. The number of halogens is 1. The van der Waals surface area contributed by atoms with Gasteiger partial charge < -0.3 is 19.7 Å². The van der Waals surface area contributed by atoms with Crippen LogP contribution in [0.15, 0.2) is 18.3 Å². The highest BCUT2D eigenvalue weighted by Crippen LogP contribution is 2.38. The summed E-state index contributed by atoms with van der Waals surface area (Å²) >= 11 is 6.21. The van der Waals surface area contributed by atoms with Gasteiger partial charge in [0.05, 0.1) is 18.2 Å². The Kier molecular flexibility index (Phi) is 5.68. The van der Waals surface area contributed by atoms with Crippen LogP contribution in [0.2, 0.25) is 5.15 Å². The molecule has 9 heteroatoms. The summed E-state index contributed by atoms with van der Waals surface area (Å²) in [5.41, 5.74) is 0.478. The SMILES string of the molecule is COC(=O)c1cnc2cc(Cl)nc(NC3C[C@H]4CC[C@@H](C3)N4C(=O)OC(C)(C)C)c2c1. The molecule has 1 amide bonds. The highest BCUT2D eigenvalue weighted by atomic mass is 35.5. The van der Waals surface area contributed by atoms with Crippen LogP contribution in [-0.2, 0) is 9.47 Å². The van der Waals surface area contributed by atoms with Gasteiger partial charge in [-0.05, 0) is 52.5 Å². The van der Waals surface area contributed by atoms with Crippen LogP contribution in [0, 0.1) is 0 Å². The monoisotopic (exact) mass is 446 g/mol. The van der Waals surface area contributed by atoms with E-state index in [0.29, 0.717) is 27.4 Å². The van der Waals surface area contributed by atoms with Crippen LogP contribution >= 0.6 is 11.6 Å². The van der Waals surface area contributed by atoms with Crippen LogP contribution < -0.4 is 5.32 Å². The Labute approximate surface area is 186 Å². The molecule has 1 N–H and O–H groups in total. The van der Waals surface area contributed by atoms with E-state index in [1.807, 2.05) is 25.7 Å². The molecule has 166 valence electrons. The van der Waals surface area contributed by atoms with Gasteiger partial charge in [0, 0.05) is 35.8 Å². The van der Waals surface area contributed by atoms with Gasteiger partial charge in [-0.25, -0.2) is 14.6 Å². The molecule has 0 radical (unpaired) electrons. The van der Waals surface area contributed by atoms with Crippen molar-refractivity contribution in [3.05, 3.63) is 29.0 Å². The van der Waals surface area contributed by atoms with Gasteiger partial charge in [-0.2, -0.15) is 0 Å². The molecule has 3 atom stereocenters. The van der Waals surface area contributed by atoms with E-state index in [-0.39, 0.29) is 24.2 Å². The molecule has 2 aromatic heterocycles. The predicted octanol–water partition coefficient (Wildman–Crippen LogP) is 4.41. The summed E-state index contributed by atoms with van der Waals surface area (Å²) in [5, 5.41) is 4.52. The number of aromatic nitrogens is 2. The first-order chi connectivity index (χ1) is 14.6. The van der Waals surface area contributed by atoms with Crippen molar-refractivity contribution >= 4 is 40.4 Å². The second-order valence-electron chi connectivity index (χ2n) is 9.16. The third-order valence-electron chi connectivity index (χ3n) is 5.75. The van der Waals surface area contributed by atoms with Crippen LogP contribution in [0.1, 0.15) is 56.8 Å². The normalized spacial score (nSPS) is 23.0. The van der Waals surface area contributed by atoms with Gasteiger partial charge >= 0.3 is 12.1 Å². The fraction of sp³-hybridized carbons (Fsp3) is 0.545. The molecule has 8 nitrogen and oxygen atoms in total. The summed E-state index contributed by atoms with van der Waals surface area (Å²) in [6.45, 7) is 5.65. The summed E-state index contributed by atoms with van der Waals surface area (Å²) in [6, 6.07) is 3.75. The summed E-state index contributed by atoms with van der Waals surface area (Å²) in [7, 11) is 1.33. The minimum atomic E-state index is -0.514. The highest BCUT2D eigenvalue weighted by Gasteiger charge is 2.45. The van der Waals surface area contributed by atoms with Crippen LogP contribution in [0.5, 0.6) is 0 Å².